The Hall–Kier alpha value is -2.33. The molecule has 0 heterocycles. The van der Waals surface area contributed by atoms with Gasteiger partial charge < -0.3 is 14.8 Å². The molecule has 2 aromatic rings. The molecule has 4 heteroatoms. The zero-order valence-electron chi connectivity index (χ0n) is 12.0. The minimum atomic E-state index is -0.128. The second-order valence-electron chi connectivity index (χ2n) is 4.53. The quantitative estimate of drug-likeness (QED) is 0.796. The van der Waals surface area contributed by atoms with Crippen LogP contribution in [0.2, 0.25) is 0 Å². The maximum Gasteiger partial charge on any atom is 0.251 e. The number of hydrogen-bond donors (Lipinski definition) is 1. The Balaban J connectivity index is 1.69. The SMILES string of the molecule is COc1cccc(C(=O)NCCOCc2ccccc2)c1. The number of carbonyl (C=O) groups excluding carboxylic acids is 1. The van der Waals surface area contributed by atoms with Crippen molar-refractivity contribution in [3.63, 3.8) is 0 Å². The fourth-order valence-electron chi connectivity index (χ4n) is 1.87. The summed E-state index contributed by atoms with van der Waals surface area (Å²) in [6, 6.07) is 17.0. The normalized spacial score (nSPS) is 10.1. The monoisotopic (exact) mass is 285 g/mol. The summed E-state index contributed by atoms with van der Waals surface area (Å²) in [5.74, 6) is 0.542. The Labute approximate surface area is 124 Å². The van der Waals surface area contributed by atoms with Gasteiger partial charge in [-0.15, -0.1) is 0 Å². The highest BCUT2D eigenvalue weighted by Gasteiger charge is 2.05. The first-order chi connectivity index (χ1) is 10.3. The summed E-state index contributed by atoms with van der Waals surface area (Å²) >= 11 is 0. The average molecular weight is 285 g/mol. The van der Waals surface area contributed by atoms with Gasteiger partial charge in [0.05, 0.1) is 20.3 Å². The molecule has 0 aliphatic carbocycles. The zero-order chi connectivity index (χ0) is 14.9. The van der Waals surface area contributed by atoms with Gasteiger partial charge in [-0.2, -0.15) is 0 Å². The van der Waals surface area contributed by atoms with Crippen molar-refractivity contribution in [1.82, 2.24) is 5.32 Å². The van der Waals surface area contributed by atoms with Crippen LogP contribution in [-0.2, 0) is 11.3 Å². The van der Waals surface area contributed by atoms with E-state index in [-0.39, 0.29) is 5.91 Å². The summed E-state index contributed by atoms with van der Waals surface area (Å²) in [6.07, 6.45) is 0. The molecule has 1 N–H and O–H groups in total. The largest absolute Gasteiger partial charge is 0.497 e. The topological polar surface area (TPSA) is 47.6 Å². The second-order valence-corrected chi connectivity index (χ2v) is 4.53. The van der Waals surface area contributed by atoms with E-state index in [1.165, 1.54) is 0 Å². The second kappa shape index (κ2) is 8.07. The van der Waals surface area contributed by atoms with Crippen molar-refractivity contribution < 1.29 is 14.3 Å². The van der Waals surface area contributed by atoms with Crippen LogP contribution in [0.25, 0.3) is 0 Å². The number of carbonyl (C=O) groups is 1. The first kappa shape index (κ1) is 15.1. The van der Waals surface area contributed by atoms with Crippen LogP contribution in [0.15, 0.2) is 54.6 Å². The van der Waals surface area contributed by atoms with Gasteiger partial charge in [0.1, 0.15) is 5.75 Å². The highest BCUT2D eigenvalue weighted by molar-refractivity contribution is 5.94. The van der Waals surface area contributed by atoms with Gasteiger partial charge in [0.15, 0.2) is 0 Å². The standard InChI is InChI=1S/C17H19NO3/c1-20-16-9-5-8-15(12-16)17(19)18-10-11-21-13-14-6-3-2-4-7-14/h2-9,12H,10-11,13H2,1H3,(H,18,19). The third kappa shape index (κ3) is 4.93. The van der Waals surface area contributed by atoms with E-state index in [2.05, 4.69) is 5.32 Å². The highest BCUT2D eigenvalue weighted by atomic mass is 16.5. The minimum absolute atomic E-state index is 0.128. The maximum absolute atomic E-state index is 11.9. The Morgan fingerprint density at radius 3 is 2.67 bits per heavy atom. The summed E-state index contributed by atoms with van der Waals surface area (Å²) < 4.78 is 10.6. The summed E-state index contributed by atoms with van der Waals surface area (Å²) in [6.45, 7) is 1.50. The first-order valence-corrected chi connectivity index (χ1v) is 6.83. The van der Waals surface area contributed by atoms with Crippen LogP contribution in [0.5, 0.6) is 5.75 Å². The zero-order valence-corrected chi connectivity index (χ0v) is 12.0. The van der Waals surface area contributed by atoms with Crippen molar-refractivity contribution in [1.29, 1.82) is 0 Å². The van der Waals surface area contributed by atoms with Crippen LogP contribution < -0.4 is 10.1 Å². The van der Waals surface area contributed by atoms with E-state index in [0.717, 1.165) is 5.56 Å². The molecule has 0 unspecified atom stereocenters. The number of nitrogens with one attached hydrogen (secondary N) is 1. The minimum Gasteiger partial charge on any atom is -0.497 e. The molecule has 0 aromatic heterocycles. The lowest BCUT2D eigenvalue weighted by Crippen LogP contribution is -2.27. The molecule has 0 aliphatic heterocycles. The summed E-state index contributed by atoms with van der Waals surface area (Å²) in [7, 11) is 1.58. The Kier molecular flexibility index (Phi) is 5.79. The fraction of sp³-hybridized carbons (Fsp3) is 0.235. The summed E-state index contributed by atoms with van der Waals surface area (Å²) in [5.41, 5.74) is 1.70. The number of methoxy groups -OCH3 is 1. The van der Waals surface area contributed by atoms with E-state index in [9.17, 15) is 4.79 Å². The molecule has 2 rings (SSSR count). The van der Waals surface area contributed by atoms with E-state index in [1.807, 2.05) is 30.3 Å². The van der Waals surface area contributed by atoms with Crippen LogP contribution in [0, 0.1) is 0 Å². The van der Waals surface area contributed by atoms with Crippen molar-refractivity contribution in [2.45, 2.75) is 6.61 Å². The molecule has 0 bridgehead atoms. The summed E-state index contributed by atoms with van der Waals surface area (Å²) in [4.78, 5) is 11.9. The molecule has 4 nitrogen and oxygen atoms in total. The van der Waals surface area contributed by atoms with Crippen LogP contribution in [0.3, 0.4) is 0 Å². The molecular formula is C17H19NO3. The lowest BCUT2D eigenvalue weighted by atomic mass is 10.2. The number of amides is 1. The van der Waals surface area contributed by atoms with Gasteiger partial charge in [0, 0.05) is 12.1 Å². The van der Waals surface area contributed by atoms with Gasteiger partial charge in [-0.05, 0) is 23.8 Å². The predicted octanol–water partition coefficient (Wildman–Crippen LogP) is 2.64. The molecule has 0 radical (unpaired) electrons. The van der Waals surface area contributed by atoms with E-state index >= 15 is 0 Å². The van der Waals surface area contributed by atoms with Gasteiger partial charge in [-0.25, -0.2) is 0 Å². The molecular weight excluding hydrogens is 266 g/mol. The maximum atomic E-state index is 11.9. The molecule has 0 aliphatic rings. The van der Waals surface area contributed by atoms with Crippen molar-refractivity contribution in [3.05, 3.63) is 65.7 Å². The molecule has 0 spiro atoms. The van der Waals surface area contributed by atoms with E-state index < -0.39 is 0 Å². The van der Waals surface area contributed by atoms with Crippen LogP contribution >= 0.6 is 0 Å². The van der Waals surface area contributed by atoms with Crippen molar-refractivity contribution in [3.8, 4) is 5.75 Å². The van der Waals surface area contributed by atoms with E-state index in [4.69, 9.17) is 9.47 Å². The third-order valence-corrected chi connectivity index (χ3v) is 2.98. The molecule has 21 heavy (non-hydrogen) atoms. The Bertz CT molecular complexity index is 569. The van der Waals surface area contributed by atoms with Gasteiger partial charge in [0.2, 0.25) is 0 Å². The molecule has 110 valence electrons. The van der Waals surface area contributed by atoms with Crippen LogP contribution in [-0.4, -0.2) is 26.2 Å². The Morgan fingerprint density at radius 2 is 1.90 bits per heavy atom. The van der Waals surface area contributed by atoms with Gasteiger partial charge in [-0.1, -0.05) is 36.4 Å². The van der Waals surface area contributed by atoms with E-state index in [1.54, 1.807) is 31.4 Å². The first-order valence-electron chi connectivity index (χ1n) is 6.83. The lowest BCUT2D eigenvalue weighted by molar-refractivity contribution is 0.0900. The average Bonchev–Trinajstić information content (AvgIpc) is 2.55. The number of benzene rings is 2. The Morgan fingerprint density at radius 1 is 1.10 bits per heavy atom. The van der Waals surface area contributed by atoms with Gasteiger partial charge in [0.25, 0.3) is 5.91 Å². The van der Waals surface area contributed by atoms with Crippen LogP contribution in [0.4, 0.5) is 0 Å². The number of ether oxygens (including phenoxy) is 2. The van der Waals surface area contributed by atoms with Crippen molar-refractivity contribution in [2.75, 3.05) is 20.3 Å². The van der Waals surface area contributed by atoms with E-state index in [0.29, 0.717) is 31.1 Å². The number of rotatable bonds is 7. The van der Waals surface area contributed by atoms with Gasteiger partial charge >= 0.3 is 0 Å². The smallest absolute Gasteiger partial charge is 0.251 e. The molecule has 0 atom stereocenters. The predicted molar refractivity (Wildman–Crippen MR) is 81.4 cm³/mol. The molecule has 1 amide bonds. The van der Waals surface area contributed by atoms with Crippen molar-refractivity contribution in [2.24, 2.45) is 0 Å². The molecule has 0 saturated carbocycles. The molecule has 0 saturated heterocycles. The van der Waals surface area contributed by atoms with Crippen molar-refractivity contribution >= 4 is 5.91 Å². The lowest BCUT2D eigenvalue weighted by Gasteiger charge is -2.07. The number of hydrogen-bond acceptors (Lipinski definition) is 3. The molecule has 0 fully saturated rings. The third-order valence-electron chi connectivity index (χ3n) is 2.98. The highest BCUT2D eigenvalue weighted by Crippen LogP contribution is 2.12. The summed E-state index contributed by atoms with van der Waals surface area (Å²) in [5, 5.41) is 2.82. The van der Waals surface area contributed by atoms with Crippen LogP contribution in [0.1, 0.15) is 15.9 Å². The molecule has 2 aromatic carbocycles. The fourth-order valence-corrected chi connectivity index (χ4v) is 1.87. The van der Waals surface area contributed by atoms with Gasteiger partial charge in [-0.3, -0.25) is 4.79 Å².